The van der Waals surface area contributed by atoms with E-state index in [4.69, 9.17) is 17.3 Å². The minimum Gasteiger partial charge on any atom is -0.355 e. The summed E-state index contributed by atoms with van der Waals surface area (Å²) in [5, 5.41) is 3.38. The Hall–Kier alpha value is -0.420. The standard InChI is InChI=1S/C13H19ClN2OS.ClH/c1-9(15)7-8-16-13(17)10(2)18-12-6-4-3-5-11(12)14;/h3-6,9-10H,7-8,15H2,1-2H3,(H,16,17);1H. The van der Waals surface area contributed by atoms with E-state index in [-0.39, 0.29) is 29.6 Å². The summed E-state index contributed by atoms with van der Waals surface area (Å²) in [5.74, 6) is 0.0144. The lowest BCUT2D eigenvalue weighted by Gasteiger charge is -2.13. The minimum absolute atomic E-state index is 0. The zero-order valence-corrected chi connectivity index (χ0v) is 13.4. The lowest BCUT2D eigenvalue weighted by Crippen LogP contribution is -2.34. The van der Waals surface area contributed by atoms with Crippen LogP contribution in [0.1, 0.15) is 20.3 Å². The molecule has 0 aliphatic heterocycles. The van der Waals surface area contributed by atoms with Crippen LogP contribution in [0.2, 0.25) is 5.02 Å². The van der Waals surface area contributed by atoms with Gasteiger partial charge in [-0.2, -0.15) is 0 Å². The summed E-state index contributed by atoms with van der Waals surface area (Å²) in [5.41, 5.74) is 5.62. The van der Waals surface area contributed by atoms with Gasteiger partial charge in [0.05, 0.1) is 10.3 Å². The third-order valence-corrected chi connectivity index (χ3v) is 4.03. The second-order valence-electron chi connectivity index (χ2n) is 4.25. The smallest absolute Gasteiger partial charge is 0.233 e. The first-order chi connectivity index (χ1) is 8.50. The molecule has 0 aliphatic carbocycles. The van der Waals surface area contributed by atoms with Crippen LogP contribution in [-0.2, 0) is 4.79 Å². The molecule has 2 unspecified atom stereocenters. The maximum absolute atomic E-state index is 11.8. The number of carbonyl (C=O) groups excluding carboxylic acids is 1. The van der Waals surface area contributed by atoms with Crippen LogP contribution in [0.15, 0.2) is 29.2 Å². The van der Waals surface area contributed by atoms with Crippen molar-refractivity contribution >= 4 is 41.7 Å². The summed E-state index contributed by atoms with van der Waals surface area (Å²) < 4.78 is 0. The third-order valence-electron chi connectivity index (χ3n) is 2.41. The molecule has 0 radical (unpaired) electrons. The van der Waals surface area contributed by atoms with Gasteiger partial charge in [0.25, 0.3) is 0 Å². The molecule has 1 aromatic rings. The fourth-order valence-corrected chi connectivity index (χ4v) is 2.53. The topological polar surface area (TPSA) is 55.1 Å². The van der Waals surface area contributed by atoms with Crippen molar-refractivity contribution in [2.75, 3.05) is 6.54 Å². The summed E-state index contributed by atoms with van der Waals surface area (Å²) in [4.78, 5) is 12.7. The fourth-order valence-electron chi connectivity index (χ4n) is 1.35. The molecule has 19 heavy (non-hydrogen) atoms. The number of rotatable bonds is 6. The first kappa shape index (κ1) is 18.6. The zero-order valence-electron chi connectivity index (χ0n) is 11.1. The van der Waals surface area contributed by atoms with Crippen LogP contribution in [0.25, 0.3) is 0 Å². The average molecular weight is 323 g/mol. The Balaban J connectivity index is 0.00000324. The Labute approximate surface area is 130 Å². The molecule has 1 rings (SSSR count). The first-order valence-corrected chi connectivity index (χ1v) is 7.21. The van der Waals surface area contributed by atoms with Crippen molar-refractivity contribution < 1.29 is 4.79 Å². The second kappa shape index (κ2) is 9.48. The molecule has 3 N–H and O–H groups in total. The van der Waals surface area contributed by atoms with Gasteiger partial charge < -0.3 is 11.1 Å². The Kier molecular flexibility index (Phi) is 9.27. The van der Waals surface area contributed by atoms with Crippen LogP contribution >= 0.6 is 35.8 Å². The predicted octanol–water partition coefficient (Wildman–Crippen LogP) is 3.10. The first-order valence-electron chi connectivity index (χ1n) is 5.95. The number of nitrogens with one attached hydrogen (secondary N) is 1. The van der Waals surface area contributed by atoms with Gasteiger partial charge in [-0.05, 0) is 32.4 Å². The maximum atomic E-state index is 11.8. The number of amides is 1. The van der Waals surface area contributed by atoms with Gasteiger partial charge in [0, 0.05) is 17.5 Å². The molecule has 108 valence electrons. The van der Waals surface area contributed by atoms with Gasteiger partial charge in [-0.25, -0.2) is 0 Å². The van der Waals surface area contributed by atoms with Crippen molar-refractivity contribution in [3.63, 3.8) is 0 Å². The third kappa shape index (κ3) is 7.06. The number of hydrogen-bond donors (Lipinski definition) is 2. The Bertz CT molecular complexity index is 402. The molecule has 0 aromatic heterocycles. The molecular formula is C13H20Cl2N2OS. The number of benzene rings is 1. The van der Waals surface area contributed by atoms with E-state index in [0.717, 1.165) is 11.3 Å². The Morgan fingerprint density at radius 2 is 2.05 bits per heavy atom. The van der Waals surface area contributed by atoms with E-state index in [1.54, 1.807) is 0 Å². The van der Waals surface area contributed by atoms with E-state index in [2.05, 4.69) is 5.32 Å². The molecule has 1 amide bonds. The molecule has 0 fully saturated rings. The highest BCUT2D eigenvalue weighted by molar-refractivity contribution is 8.00. The Morgan fingerprint density at radius 1 is 1.42 bits per heavy atom. The van der Waals surface area contributed by atoms with E-state index < -0.39 is 0 Å². The summed E-state index contributed by atoms with van der Waals surface area (Å²) in [6.07, 6.45) is 0.787. The van der Waals surface area contributed by atoms with Gasteiger partial charge in [-0.15, -0.1) is 24.2 Å². The van der Waals surface area contributed by atoms with Crippen LogP contribution < -0.4 is 11.1 Å². The van der Waals surface area contributed by atoms with Gasteiger partial charge in [0.1, 0.15) is 0 Å². The van der Waals surface area contributed by atoms with Crippen LogP contribution in [0.5, 0.6) is 0 Å². The molecule has 0 heterocycles. The van der Waals surface area contributed by atoms with Crippen LogP contribution in [0.3, 0.4) is 0 Å². The molecule has 2 atom stereocenters. The number of nitrogens with two attached hydrogens (primary N) is 1. The maximum Gasteiger partial charge on any atom is 0.233 e. The van der Waals surface area contributed by atoms with Crippen molar-refractivity contribution in [3.8, 4) is 0 Å². The van der Waals surface area contributed by atoms with E-state index in [1.165, 1.54) is 11.8 Å². The fraction of sp³-hybridized carbons (Fsp3) is 0.462. The molecule has 0 bridgehead atoms. The van der Waals surface area contributed by atoms with Gasteiger partial charge in [0.15, 0.2) is 0 Å². The monoisotopic (exact) mass is 322 g/mol. The highest BCUT2D eigenvalue weighted by atomic mass is 35.5. The SMILES string of the molecule is CC(N)CCNC(=O)C(C)Sc1ccccc1Cl.Cl. The van der Waals surface area contributed by atoms with Gasteiger partial charge >= 0.3 is 0 Å². The molecule has 3 nitrogen and oxygen atoms in total. The largest absolute Gasteiger partial charge is 0.355 e. The predicted molar refractivity (Wildman–Crippen MR) is 85.3 cm³/mol. The van der Waals surface area contributed by atoms with Gasteiger partial charge in [-0.1, -0.05) is 23.7 Å². The number of thioether (sulfide) groups is 1. The molecule has 0 saturated heterocycles. The summed E-state index contributed by atoms with van der Waals surface area (Å²) in [6.45, 7) is 4.41. The molecule has 0 saturated carbocycles. The van der Waals surface area contributed by atoms with Crippen molar-refractivity contribution in [3.05, 3.63) is 29.3 Å². The van der Waals surface area contributed by atoms with Crippen LogP contribution in [0, 0.1) is 0 Å². The van der Waals surface area contributed by atoms with Crippen molar-refractivity contribution in [1.82, 2.24) is 5.32 Å². The molecular weight excluding hydrogens is 303 g/mol. The normalized spacial score (nSPS) is 13.3. The minimum atomic E-state index is -0.169. The van der Waals surface area contributed by atoms with E-state index in [0.29, 0.717) is 11.6 Å². The number of hydrogen-bond acceptors (Lipinski definition) is 3. The van der Waals surface area contributed by atoms with Crippen molar-refractivity contribution in [1.29, 1.82) is 0 Å². The van der Waals surface area contributed by atoms with E-state index in [1.807, 2.05) is 38.1 Å². The van der Waals surface area contributed by atoms with E-state index in [9.17, 15) is 4.79 Å². The molecule has 6 heteroatoms. The van der Waals surface area contributed by atoms with Crippen molar-refractivity contribution in [2.24, 2.45) is 5.73 Å². The highest BCUT2D eigenvalue weighted by Gasteiger charge is 2.15. The van der Waals surface area contributed by atoms with Gasteiger partial charge in [-0.3, -0.25) is 4.79 Å². The number of carbonyl (C=O) groups is 1. The molecule has 0 spiro atoms. The molecule has 0 aliphatic rings. The zero-order chi connectivity index (χ0) is 13.5. The quantitative estimate of drug-likeness (QED) is 0.791. The lowest BCUT2D eigenvalue weighted by atomic mass is 10.2. The van der Waals surface area contributed by atoms with E-state index >= 15 is 0 Å². The summed E-state index contributed by atoms with van der Waals surface area (Å²) in [7, 11) is 0. The Morgan fingerprint density at radius 3 is 2.63 bits per heavy atom. The van der Waals surface area contributed by atoms with Crippen molar-refractivity contribution in [2.45, 2.75) is 36.5 Å². The highest BCUT2D eigenvalue weighted by Crippen LogP contribution is 2.29. The average Bonchev–Trinajstić information content (AvgIpc) is 2.31. The van der Waals surface area contributed by atoms with Crippen LogP contribution in [0.4, 0.5) is 0 Å². The summed E-state index contributed by atoms with van der Waals surface area (Å²) >= 11 is 7.51. The van der Waals surface area contributed by atoms with Crippen LogP contribution in [-0.4, -0.2) is 23.7 Å². The number of halogens is 2. The second-order valence-corrected chi connectivity index (χ2v) is 6.04. The molecule has 1 aromatic carbocycles. The van der Waals surface area contributed by atoms with Gasteiger partial charge in [0.2, 0.25) is 5.91 Å². The lowest BCUT2D eigenvalue weighted by molar-refractivity contribution is -0.120. The summed E-state index contributed by atoms with van der Waals surface area (Å²) in [6, 6.07) is 7.63.